The van der Waals surface area contributed by atoms with Crippen LogP contribution in [0.3, 0.4) is 0 Å². The zero-order valence-electron chi connectivity index (χ0n) is 9.40. The van der Waals surface area contributed by atoms with E-state index in [4.69, 9.17) is 10.5 Å². The number of H-pyrrole nitrogens is 1. The highest BCUT2D eigenvalue weighted by atomic mass is 16.5. The average molecular weight is 217 g/mol. The molecule has 0 amide bonds. The van der Waals surface area contributed by atoms with Crippen LogP contribution in [-0.4, -0.2) is 16.3 Å². The van der Waals surface area contributed by atoms with Crippen LogP contribution in [0.5, 0.6) is 5.75 Å². The van der Waals surface area contributed by atoms with Gasteiger partial charge in [-0.1, -0.05) is 0 Å². The van der Waals surface area contributed by atoms with Gasteiger partial charge in [0.2, 0.25) is 0 Å². The second kappa shape index (κ2) is 4.26. The Morgan fingerprint density at radius 1 is 1.25 bits per heavy atom. The maximum atomic E-state index is 5.77. The number of aromatic amines is 1. The molecule has 0 saturated heterocycles. The van der Waals surface area contributed by atoms with Crippen LogP contribution in [0.25, 0.3) is 11.3 Å². The molecule has 3 N–H and O–H groups in total. The topological polar surface area (TPSA) is 63.9 Å². The molecule has 0 bridgehead atoms. The number of nitrogen functional groups attached to an aromatic ring is 1. The molecule has 0 atom stereocenters. The molecule has 0 aliphatic heterocycles. The minimum absolute atomic E-state index is 0.183. The molecule has 16 heavy (non-hydrogen) atoms. The molecule has 1 aromatic heterocycles. The summed E-state index contributed by atoms with van der Waals surface area (Å²) < 4.78 is 5.56. The van der Waals surface area contributed by atoms with Crippen molar-refractivity contribution in [3.63, 3.8) is 0 Å². The van der Waals surface area contributed by atoms with Crippen LogP contribution >= 0.6 is 0 Å². The van der Waals surface area contributed by atoms with Crippen molar-refractivity contribution in [3.05, 3.63) is 30.5 Å². The van der Waals surface area contributed by atoms with E-state index in [2.05, 4.69) is 10.2 Å². The van der Waals surface area contributed by atoms with Gasteiger partial charge in [-0.05, 0) is 38.1 Å². The summed E-state index contributed by atoms with van der Waals surface area (Å²) in [6.45, 7) is 4.00. The van der Waals surface area contributed by atoms with Crippen molar-refractivity contribution in [3.8, 4) is 17.0 Å². The van der Waals surface area contributed by atoms with Crippen molar-refractivity contribution in [1.82, 2.24) is 10.2 Å². The number of hydrogen-bond donors (Lipinski definition) is 2. The standard InChI is InChI=1S/C12H15N3O/c1-8(2)16-10-5-3-9(4-6-10)12-11(13)7-14-15-12/h3-8H,13H2,1-2H3,(H,14,15). The minimum Gasteiger partial charge on any atom is -0.491 e. The first kappa shape index (κ1) is 10.5. The first-order valence-electron chi connectivity index (χ1n) is 5.23. The Bertz CT molecular complexity index is 459. The summed E-state index contributed by atoms with van der Waals surface area (Å²) in [6.07, 6.45) is 1.79. The van der Waals surface area contributed by atoms with Crippen LogP contribution in [0.15, 0.2) is 30.5 Å². The summed E-state index contributed by atoms with van der Waals surface area (Å²) in [6, 6.07) is 7.77. The molecule has 1 heterocycles. The van der Waals surface area contributed by atoms with Crippen LogP contribution in [0.2, 0.25) is 0 Å². The Labute approximate surface area is 94.4 Å². The van der Waals surface area contributed by atoms with Gasteiger partial charge in [-0.3, -0.25) is 5.10 Å². The van der Waals surface area contributed by atoms with Gasteiger partial charge in [-0.2, -0.15) is 5.10 Å². The van der Waals surface area contributed by atoms with Gasteiger partial charge in [0.15, 0.2) is 0 Å². The third-order valence-corrected chi connectivity index (χ3v) is 2.18. The van der Waals surface area contributed by atoms with Gasteiger partial charge in [0, 0.05) is 5.56 Å². The Morgan fingerprint density at radius 3 is 2.44 bits per heavy atom. The molecule has 2 aromatic rings. The molecule has 0 saturated carbocycles. The number of nitrogens with zero attached hydrogens (tertiary/aromatic N) is 1. The Morgan fingerprint density at radius 2 is 1.94 bits per heavy atom. The number of rotatable bonds is 3. The van der Waals surface area contributed by atoms with Crippen molar-refractivity contribution >= 4 is 5.69 Å². The van der Waals surface area contributed by atoms with Crippen LogP contribution in [0, 0.1) is 0 Å². The highest BCUT2D eigenvalue weighted by molar-refractivity contribution is 5.71. The fourth-order valence-electron chi connectivity index (χ4n) is 1.50. The van der Waals surface area contributed by atoms with Crippen molar-refractivity contribution in [2.75, 3.05) is 5.73 Å². The number of nitrogens with two attached hydrogens (primary N) is 1. The number of hydrogen-bond acceptors (Lipinski definition) is 3. The van der Waals surface area contributed by atoms with Crippen molar-refractivity contribution < 1.29 is 4.74 Å². The molecular formula is C12H15N3O. The molecule has 0 radical (unpaired) electrons. The molecule has 0 spiro atoms. The number of anilines is 1. The van der Waals surface area contributed by atoms with Gasteiger partial charge in [0.25, 0.3) is 0 Å². The van der Waals surface area contributed by atoms with E-state index in [1.54, 1.807) is 6.20 Å². The van der Waals surface area contributed by atoms with Gasteiger partial charge in [0.1, 0.15) is 5.75 Å². The molecule has 0 aliphatic rings. The lowest BCUT2D eigenvalue weighted by Crippen LogP contribution is -2.05. The maximum absolute atomic E-state index is 5.77. The van der Waals surface area contributed by atoms with Crippen molar-refractivity contribution in [2.24, 2.45) is 0 Å². The lowest BCUT2D eigenvalue weighted by atomic mass is 10.1. The molecular weight excluding hydrogens is 202 g/mol. The number of aromatic nitrogens is 2. The summed E-state index contributed by atoms with van der Waals surface area (Å²) >= 11 is 0. The van der Waals surface area contributed by atoms with E-state index in [9.17, 15) is 0 Å². The lowest BCUT2D eigenvalue weighted by molar-refractivity contribution is 0.242. The Hall–Kier alpha value is -1.97. The monoisotopic (exact) mass is 217 g/mol. The van der Waals surface area contributed by atoms with Gasteiger partial charge in [0.05, 0.1) is 23.7 Å². The van der Waals surface area contributed by atoms with E-state index in [1.165, 1.54) is 0 Å². The predicted molar refractivity (Wildman–Crippen MR) is 64.2 cm³/mol. The van der Waals surface area contributed by atoms with E-state index in [1.807, 2.05) is 38.1 Å². The SMILES string of the molecule is CC(C)Oc1ccc(-c2[nH]ncc2N)cc1. The Balaban J connectivity index is 2.23. The normalized spacial score (nSPS) is 10.7. The van der Waals surface area contributed by atoms with Gasteiger partial charge in [-0.15, -0.1) is 0 Å². The van der Waals surface area contributed by atoms with Crippen LogP contribution in [-0.2, 0) is 0 Å². The third-order valence-electron chi connectivity index (χ3n) is 2.18. The van der Waals surface area contributed by atoms with Gasteiger partial charge < -0.3 is 10.5 Å². The lowest BCUT2D eigenvalue weighted by Gasteiger charge is -2.09. The molecule has 0 aliphatic carbocycles. The van der Waals surface area contributed by atoms with Crippen LogP contribution < -0.4 is 10.5 Å². The fourth-order valence-corrected chi connectivity index (χ4v) is 1.50. The highest BCUT2D eigenvalue weighted by Crippen LogP contribution is 2.25. The van der Waals surface area contributed by atoms with E-state index in [0.717, 1.165) is 17.0 Å². The van der Waals surface area contributed by atoms with Gasteiger partial charge in [-0.25, -0.2) is 0 Å². The average Bonchev–Trinajstić information content (AvgIpc) is 2.65. The summed E-state index contributed by atoms with van der Waals surface area (Å²) in [5.41, 5.74) is 8.27. The maximum Gasteiger partial charge on any atom is 0.119 e. The smallest absolute Gasteiger partial charge is 0.119 e. The molecule has 4 heteroatoms. The van der Waals surface area contributed by atoms with E-state index >= 15 is 0 Å². The molecule has 0 unspecified atom stereocenters. The quantitative estimate of drug-likeness (QED) is 0.830. The second-order valence-electron chi connectivity index (χ2n) is 3.89. The summed E-state index contributed by atoms with van der Waals surface area (Å²) in [5.74, 6) is 0.858. The number of ether oxygens (including phenoxy) is 1. The van der Waals surface area contributed by atoms with Crippen LogP contribution in [0.4, 0.5) is 5.69 Å². The van der Waals surface area contributed by atoms with E-state index in [0.29, 0.717) is 5.69 Å². The van der Waals surface area contributed by atoms with Gasteiger partial charge >= 0.3 is 0 Å². The highest BCUT2D eigenvalue weighted by Gasteiger charge is 2.04. The number of benzene rings is 1. The predicted octanol–water partition coefficient (Wildman–Crippen LogP) is 2.45. The molecule has 2 rings (SSSR count). The minimum atomic E-state index is 0.183. The van der Waals surface area contributed by atoms with E-state index in [-0.39, 0.29) is 6.10 Å². The van der Waals surface area contributed by atoms with Crippen molar-refractivity contribution in [1.29, 1.82) is 0 Å². The number of nitrogens with one attached hydrogen (secondary N) is 1. The molecule has 0 fully saturated rings. The van der Waals surface area contributed by atoms with Crippen molar-refractivity contribution in [2.45, 2.75) is 20.0 Å². The first-order chi connectivity index (χ1) is 7.66. The summed E-state index contributed by atoms with van der Waals surface area (Å²) in [5, 5.41) is 6.75. The first-order valence-corrected chi connectivity index (χ1v) is 5.23. The summed E-state index contributed by atoms with van der Waals surface area (Å²) in [7, 11) is 0. The zero-order chi connectivity index (χ0) is 11.5. The third kappa shape index (κ3) is 2.16. The zero-order valence-corrected chi connectivity index (χ0v) is 9.40. The fraction of sp³-hybridized carbons (Fsp3) is 0.250. The molecule has 1 aromatic carbocycles. The molecule has 4 nitrogen and oxygen atoms in total. The van der Waals surface area contributed by atoms with E-state index < -0.39 is 0 Å². The van der Waals surface area contributed by atoms with Crippen LogP contribution in [0.1, 0.15) is 13.8 Å². The molecule has 84 valence electrons. The Kier molecular flexibility index (Phi) is 2.81. The summed E-state index contributed by atoms with van der Waals surface area (Å²) in [4.78, 5) is 0. The largest absolute Gasteiger partial charge is 0.491 e. The second-order valence-corrected chi connectivity index (χ2v) is 3.89.